The summed E-state index contributed by atoms with van der Waals surface area (Å²) in [5, 5.41) is 0. The Kier molecular flexibility index (Phi) is 3.75. The van der Waals surface area contributed by atoms with E-state index in [1.54, 1.807) is 0 Å². The third-order valence-corrected chi connectivity index (χ3v) is 0.485. The first-order chi connectivity index (χ1) is 4.54. The fourth-order valence-corrected chi connectivity index (χ4v) is 0.176. The van der Waals surface area contributed by atoms with Crippen LogP contribution in [0, 0.1) is 0 Å². The molecule has 0 spiro atoms. The smallest absolute Gasteiger partial charge is 0.304 e. The number of alkyl halides is 3. The highest BCUT2D eigenvalue weighted by atomic mass is 19.3. The van der Waals surface area contributed by atoms with Crippen molar-refractivity contribution in [2.75, 3.05) is 0 Å². The van der Waals surface area contributed by atoms with Crippen molar-refractivity contribution in [3.8, 4) is 0 Å². The average molecular weight is 162 g/mol. The molecule has 0 N–H and O–H groups in total. The minimum atomic E-state index is -3.41. The molecule has 10 heavy (non-hydrogen) atoms. The first-order valence-electron chi connectivity index (χ1n) is 2.13. The van der Waals surface area contributed by atoms with E-state index in [0.29, 0.717) is 0 Å². The lowest BCUT2D eigenvalue weighted by Crippen LogP contribution is -2.13. The molecule has 0 heterocycles. The Bertz CT molecular complexity index is 119. The summed E-state index contributed by atoms with van der Waals surface area (Å²) in [4.78, 5) is 0. The van der Waals surface area contributed by atoms with E-state index in [9.17, 15) is 22.0 Å². The molecule has 0 aliphatic heterocycles. The summed E-state index contributed by atoms with van der Waals surface area (Å²) in [6.07, 6.45) is -9.11. The summed E-state index contributed by atoms with van der Waals surface area (Å²) < 4.78 is 58.9. The van der Waals surface area contributed by atoms with Gasteiger partial charge in [0.1, 0.15) is 0 Å². The van der Waals surface area contributed by atoms with Crippen LogP contribution in [0.3, 0.4) is 0 Å². The van der Waals surface area contributed by atoms with Gasteiger partial charge < -0.3 is 4.74 Å². The summed E-state index contributed by atoms with van der Waals surface area (Å²) in [7, 11) is 0. The van der Waals surface area contributed by atoms with Gasteiger partial charge in [-0.25, -0.2) is 8.78 Å². The van der Waals surface area contributed by atoms with Crippen LogP contribution in [0.5, 0.6) is 0 Å². The van der Waals surface area contributed by atoms with Crippen molar-refractivity contribution in [2.45, 2.75) is 12.8 Å². The Morgan fingerprint density at radius 3 is 2.00 bits per heavy atom. The molecule has 0 aromatic carbocycles. The zero-order valence-electron chi connectivity index (χ0n) is 4.53. The Morgan fingerprint density at radius 2 is 1.70 bits per heavy atom. The number of rotatable bonds is 3. The molecular weight excluding hydrogens is 159 g/mol. The number of hydrogen-bond acceptors (Lipinski definition) is 1. The lowest BCUT2D eigenvalue weighted by Gasteiger charge is -2.03. The molecule has 0 aromatic heterocycles. The second kappa shape index (κ2) is 4.08. The Labute approximate surface area is 53.1 Å². The van der Waals surface area contributed by atoms with E-state index in [0.717, 1.165) is 0 Å². The molecule has 0 aliphatic rings. The minimum absolute atomic E-state index is 0.364. The number of hydrogen-bond donors (Lipinski definition) is 0. The van der Waals surface area contributed by atoms with E-state index in [2.05, 4.69) is 4.74 Å². The van der Waals surface area contributed by atoms with Gasteiger partial charge in [-0.2, -0.15) is 13.2 Å². The van der Waals surface area contributed by atoms with Crippen LogP contribution in [-0.4, -0.2) is 12.8 Å². The predicted octanol–water partition coefficient (Wildman–Crippen LogP) is 2.30. The highest BCUT2D eigenvalue weighted by molar-refractivity contribution is 4.70. The van der Waals surface area contributed by atoms with Crippen LogP contribution < -0.4 is 0 Å². The molecule has 0 rings (SSSR count). The molecule has 0 saturated carbocycles. The van der Waals surface area contributed by atoms with E-state index < -0.39 is 18.9 Å². The predicted molar refractivity (Wildman–Crippen MR) is 22.3 cm³/mol. The SMILES string of the molecule is FC(F)=COC(F)C(F)F. The topological polar surface area (TPSA) is 9.23 Å². The lowest BCUT2D eigenvalue weighted by atomic mass is 10.7. The van der Waals surface area contributed by atoms with Crippen molar-refractivity contribution < 1.29 is 26.7 Å². The fourth-order valence-electron chi connectivity index (χ4n) is 0.176. The molecule has 0 bridgehead atoms. The summed E-state index contributed by atoms with van der Waals surface area (Å²) in [5.74, 6) is 0. The molecule has 1 atom stereocenters. The second-order valence-electron chi connectivity index (χ2n) is 1.23. The van der Waals surface area contributed by atoms with Crippen LogP contribution in [-0.2, 0) is 4.74 Å². The highest BCUT2D eigenvalue weighted by Crippen LogP contribution is 2.08. The summed E-state index contributed by atoms with van der Waals surface area (Å²) in [6, 6.07) is 0. The summed E-state index contributed by atoms with van der Waals surface area (Å²) >= 11 is 0. The molecular formula is C4H3F5O. The van der Waals surface area contributed by atoms with Crippen LogP contribution in [0.25, 0.3) is 0 Å². The van der Waals surface area contributed by atoms with Crippen molar-refractivity contribution in [3.63, 3.8) is 0 Å². The van der Waals surface area contributed by atoms with Gasteiger partial charge >= 0.3 is 12.5 Å². The minimum Gasteiger partial charge on any atom is -0.457 e. The first kappa shape index (κ1) is 9.19. The third kappa shape index (κ3) is 4.11. The zero-order valence-corrected chi connectivity index (χ0v) is 4.53. The van der Waals surface area contributed by atoms with E-state index >= 15 is 0 Å². The second-order valence-corrected chi connectivity index (χ2v) is 1.23. The van der Waals surface area contributed by atoms with E-state index in [-0.39, 0.29) is 6.26 Å². The molecule has 0 saturated heterocycles. The maximum absolute atomic E-state index is 11.5. The quantitative estimate of drug-likeness (QED) is 0.457. The van der Waals surface area contributed by atoms with Gasteiger partial charge in [0.05, 0.1) is 0 Å². The largest absolute Gasteiger partial charge is 0.457 e. The Balaban J connectivity index is 3.59. The van der Waals surface area contributed by atoms with Crippen LogP contribution >= 0.6 is 0 Å². The van der Waals surface area contributed by atoms with Crippen molar-refractivity contribution in [2.24, 2.45) is 0 Å². The van der Waals surface area contributed by atoms with Crippen LogP contribution in [0.15, 0.2) is 12.3 Å². The molecule has 0 aromatic rings. The maximum Gasteiger partial charge on any atom is 0.304 e. The van der Waals surface area contributed by atoms with Crippen LogP contribution in [0.1, 0.15) is 0 Å². The van der Waals surface area contributed by atoms with Crippen molar-refractivity contribution >= 4 is 0 Å². The highest BCUT2D eigenvalue weighted by Gasteiger charge is 2.19. The summed E-state index contributed by atoms with van der Waals surface area (Å²) in [6.45, 7) is 0. The van der Waals surface area contributed by atoms with Gasteiger partial charge in [-0.15, -0.1) is 0 Å². The molecule has 6 heteroatoms. The van der Waals surface area contributed by atoms with Gasteiger partial charge in [0.25, 0.3) is 6.36 Å². The fraction of sp³-hybridized carbons (Fsp3) is 0.500. The zero-order chi connectivity index (χ0) is 8.15. The van der Waals surface area contributed by atoms with Gasteiger partial charge in [-0.1, -0.05) is 0 Å². The lowest BCUT2D eigenvalue weighted by molar-refractivity contribution is -0.0940. The monoisotopic (exact) mass is 162 g/mol. The molecule has 0 amide bonds. The van der Waals surface area contributed by atoms with Gasteiger partial charge in [0.2, 0.25) is 0 Å². The third-order valence-electron chi connectivity index (χ3n) is 0.485. The summed E-state index contributed by atoms with van der Waals surface area (Å²) in [5.41, 5.74) is 0. The average Bonchev–Trinajstić information content (AvgIpc) is 1.82. The molecule has 60 valence electrons. The van der Waals surface area contributed by atoms with E-state index in [1.807, 2.05) is 0 Å². The van der Waals surface area contributed by atoms with E-state index in [1.165, 1.54) is 0 Å². The van der Waals surface area contributed by atoms with Crippen LogP contribution in [0.2, 0.25) is 0 Å². The van der Waals surface area contributed by atoms with Gasteiger partial charge in [0.15, 0.2) is 6.26 Å². The number of halogens is 5. The van der Waals surface area contributed by atoms with Crippen molar-refractivity contribution in [3.05, 3.63) is 12.3 Å². The molecule has 0 fully saturated rings. The molecule has 1 unspecified atom stereocenters. The normalized spacial score (nSPS) is 13.0. The molecule has 1 nitrogen and oxygen atoms in total. The standard InChI is InChI=1S/C4H3F5O/c5-2(6)1-10-4(9)3(7)8/h1,3-4H. The maximum atomic E-state index is 11.5. The molecule has 0 aliphatic carbocycles. The Hall–Kier alpha value is -0.810. The van der Waals surface area contributed by atoms with Crippen LogP contribution in [0.4, 0.5) is 22.0 Å². The van der Waals surface area contributed by atoms with E-state index in [4.69, 9.17) is 0 Å². The van der Waals surface area contributed by atoms with Gasteiger partial charge in [0, 0.05) is 0 Å². The Morgan fingerprint density at radius 1 is 1.20 bits per heavy atom. The first-order valence-corrected chi connectivity index (χ1v) is 2.13. The van der Waals surface area contributed by atoms with Crippen molar-refractivity contribution in [1.29, 1.82) is 0 Å². The van der Waals surface area contributed by atoms with Gasteiger partial charge in [-0.05, 0) is 0 Å². The van der Waals surface area contributed by atoms with Gasteiger partial charge in [-0.3, -0.25) is 0 Å². The molecule has 0 radical (unpaired) electrons. The number of ether oxygens (including phenoxy) is 1. The van der Waals surface area contributed by atoms with Crippen molar-refractivity contribution in [1.82, 2.24) is 0 Å².